The number of rotatable bonds is 4. The number of hydrogen-bond acceptors (Lipinski definition) is 4. The Morgan fingerprint density at radius 3 is 3.00 bits per heavy atom. The fraction of sp³-hybridized carbons (Fsp3) is 0.667. The van der Waals surface area contributed by atoms with Crippen LogP contribution in [0.5, 0.6) is 0 Å². The summed E-state index contributed by atoms with van der Waals surface area (Å²) in [5.41, 5.74) is 6.22. The Morgan fingerprint density at radius 2 is 2.44 bits per heavy atom. The van der Waals surface area contributed by atoms with Gasteiger partial charge in [0, 0.05) is 18.8 Å². The molecule has 1 fully saturated rings. The first kappa shape index (κ1) is 13.0. The molecule has 0 spiro atoms. The number of nitrogens with one attached hydrogen (secondary N) is 1. The molecule has 1 aliphatic heterocycles. The number of nitrogens with zero attached hydrogens (tertiary/aromatic N) is 2. The Balaban J connectivity index is 1.91. The van der Waals surface area contributed by atoms with E-state index < -0.39 is 0 Å². The van der Waals surface area contributed by atoms with E-state index in [1.54, 1.807) is 10.9 Å². The Morgan fingerprint density at radius 1 is 1.67 bits per heavy atom. The Labute approximate surface area is 106 Å². The molecule has 2 unspecified atom stereocenters. The predicted octanol–water partition coefficient (Wildman–Crippen LogP) is 0.909. The molecule has 1 amide bonds. The Bertz CT molecular complexity index is 416. The molecule has 100 valence electrons. The molecule has 2 rings (SSSR count). The molecule has 6 heteroatoms. The first-order valence-electron chi connectivity index (χ1n) is 6.30. The highest BCUT2D eigenvalue weighted by Gasteiger charge is 2.29. The first-order valence-corrected chi connectivity index (χ1v) is 6.30. The third kappa shape index (κ3) is 2.88. The van der Waals surface area contributed by atoms with Crippen LogP contribution in [-0.4, -0.2) is 34.4 Å². The molecular weight excluding hydrogens is 232 g/mol. The lowest BCUT2D eigenvalue weighted by molar-refractivity contribution is -0.126. The minimum absolute atomic E-state index is 0.0131. The van der Waals surface area contributed by atoms with Gasteiger partial charge in [0.05, 0.1) is 18.0 Å². The zero-order valence-corrected chi connectivity index (χ0v) is 10.8. The summed E-state index contributed by atoms with van der Waals surface area (Å²) in [4.78, 5) is 11.9. The zero-order valence-electron chi connectivity index (χ0n) is 10.8. The van der Waals surface area contributed by atoms with Gasteiger partial charge in [0.25, 0.3) is 5.91 Å². The number of anilines is 1. The van der Waals surface area contributed by atoms with Crippen LogP contribution in [0.1, 0.15) is 32.7 Å². The van der Waals surface area contributed by atoms with E-state index in [4.69, 9.17) is 10.5 Å². The summed E-state index contributed by atoms with van der Waals surface area (Å²) >= 11 is 0. The number of amides is 1. The molecule has 0 aliphatic carbocycles. The Kier molecular flexibility index (Phi) is 3.98. The van der Waals surface area contributed by atoms with Crippen molar-refractivity contribution in [3.63, 3.8) is 0 Å². The summed E-state index contributed by atoms with van der Waals surface area (Å²) in [6.07, 6.45) is 4.66. The van der Waals surface area contributed by atoms with Crippen molar-refractivity contribution in [2.45, 2.75) is 44.9 Å². The fourth-order valence-corrected chi connectivity index (χ4v) is 1.98. The molecule has 0 saturated carbocycles. The van der Waals surface area contributed by atoms with Crippen molar-refractivity contribution < 1.29 is 9.53 Å². The van der Waals surface area contributed by atoms with Crippen molar-refractivity contribution in [1.29, 1.82) is 0 Å². The molecule has 1 aromatic heterocycles. The Hall–Kier alpha value is -1.40. The van der Waals surface area contributed by atoms with Crippen LogP contribution in [0.4, 0.5) is 5.69 Å². The zero-order chi connectivity index (χ0) is 13.1. The van der Waals surface area contributed by atoms with Gasteiger partial charge in [0.2, 0.25) is 0 Å². The highest BCUT2D eigenvalue weighted by atomic mass is 16.5. The number of carbonyl (C=O) groups excluding carboxylic acids is 1. The molecular formula is C12H20N4O2. The molecule has 6 nitrogen and oxygen atoms in total. The number of hydrogen-bond donors (Lipinski definition) is 2. The molecule has 1 aliphatic rings. The lowest BCUT2D eigenvalue weighted by Gasteiger charge is -2.11. The topological polar surface area (TPSA) is 82.2 Å². The van der Waals surface area contributed by atoms with Crippen LogP contribution in [0.15, 0.2) is 12.4 Å². The number of aromatic nitrogens is 2. The van der Waals surface area contributed by atoms with Crippen molar-refractivity contribution in [2.24, 2.45) is 5.73 Å². The van der Waals surface area contributed by atoms with Gasteiger partial charge in [-0.1, -0.05) is 0 Å². The molecule has 2 heterocycles. The van der Waals surface area contributed by atoms with E-state index in [9.17, 15) is 4.79 Å². The quantitative estimate of drug-likeness (QED) is 0.834. The van der Waals surface area contributed by atoms with Gasteiger partial charge in [-0.15, -0.1) is 0 Å². The van der Waals surface area contributed by atoms with Crippen LogP contribution in [0.2, 0.25) is 0 Å². The summed E-state index contributed by atoms with van der Waals surface area (Å²) in [6.45, 7) is 4.53. The summed E-state index contributed by atoms with van der Waals surface area (Å²) in [5, 5.41) is 6.98. The van der Waals surface area contributed by atoms with Crippen LogP contribution in [0.3, 0.4) is 0 Å². The van der Waals surface area contributed by atoms with Crippen molar-refractivity contribution in [2.75, 3.05) is 11.9 Å². The van der Waals surface area contributed by atoms with E-state index >= 15 is 0 Å². The highest BCUT2D eigenvalue weighted by Crippen LogP contribution is 2.20. The van der Waals surface area contributed by atoms with E-state index in [0.29, 0.717) is 12.2 Å². The maximum atomic E-state index is 11.9. The molecule has 1 aromatic rings. The van der Waals surface area contributed by atoms with Gasteiger partial charge in [-0.2, -0.15) is 5.10 Å². The standard InChI is InChI=1S/C12H20N4O2/c1-8(2)16-7-9(6-14-16)15-12(17)11-4-3-10(5-13)18-11/h6-8,10-11H,3-5,13H2,1-2H3,(H,15,17). The van der Waals surface area contributed by atoms with Gasteiger partial charge >= 0.3 is 0 Å². The normalized spacial score (nSPS) is 23.6. The molecule has 0 aromatic carbocycles. The number of ether oxygens (including phenoxy) is 1. The summed E-state index contributed by atoms with van der Waals surface area (Å²) in [6, 6.07) is 0.278. The van der Waals surface area contributed by atoms with Gasteiger partial charge in [0.15, 0.2) is 0 Å². The fourth-order valence-electron chi connectivity index (χ4n) is 1.98. The van der Waals surface area contributed by atoms with Gasteiger partial charge < -0.3 is 15.8 Å². The first-order chi connectivity index (χ1) is 8.60. The third-order valence-corrected chi connectivity index (χ3v) is 3.06. The molecule has 1 saturated heterocycles. The second kappa shape index (κ2) is 5.49. The van der Waals surface area contributed by atoms with Crippen LogP contribution in [-0.2, 0) is 9.53 Å². The second-order valence-electron chi connectivity index (χ2n) is 4.85. The van der Waals surface area contributed by atoms with Crippen molar-refractivity contribution in [3.05, 3.63) is 12.4 Å². The van der Waals surface area contributed by atoms with Gasteiger partial charge in [0.1, 0.15) is 6.10 Å². The second-order valence-corrected chi connectivity index (χ2v) is 4.85. The van der Waals surface area contributed by atoms with Crippen LogP contribution in [0, 0.1) is 0 Å². The smallest absolute Gasteiger partial charge is 0.253 e. The molecule has 18 heavy (non-hydrogen) atoms. The highest BCUT2D eigenvalue weighted by molar-refractivity contribution is 5.94. The van der Waals surface area contributed by atoms with Crippen LogP contribution in [0.25, 0.3) is 0 Å². The average molecular weight is 252 g/mol. The van der Waals surface area contributed by atoms with E-state index in [2.05, 4.69) is 10.4 Å². The SMILES string of the molecule is CC(C)n1cc(NC(=O)C2CCC(CN)O2)cn1. The average Bonchev–Trinajstić information content (AvgIpc) is 2.96. The van der Waals surface area contributed by atoms with E-state index in [1.807, 2.05) is 20.0 Å². The molecule has 0 radical (unpaired) electrons. The van der Waals surface area contributed by atoms with Crippen molar-refractivity contribution in [1.82, 2.24) is 9.78 Å². The van der Waals surface area contributed by atoms with Gasteiger partial charge in [-0.05, 0) is 26.7 Å². The maximum Gasteiger partial charge on any atom is 0.253 e. The van der Waals surface area contributed by atoms with Gasteiger partial charge in [-0.3, -0.25) is 9.48 Å². The van der Waals surface area contributed by atoms with Gasteiger partial charge in [-0.25, -0.2) is 0 Å². The van der Waals surface area contributed by atoms with Crippen LogP contribution >= 0.6 is 0 Å². The summed E-state index contributed by atoms with van der Waals surface area (Å²) in [7, 11) is 0. The monoisotopic (exact) mass is 252 g/mol. The third-order valence-electron chi connectivity index (χ3n) is 3.06. The van der Waals surface area contributed by atoms with E-state index in [-0.39, 0.29) is 24.2 Å². The van der Waals surface area contributed by atoms with E-state index in [0.717, 1.165) is 12.8 Å². The minimum atomic E-state index is -0.388. The maximum absolute atomic E-state index is 11.9. The van der Waals surface area contributed by atoms with Crippen molar-refractivity contribution >= 4 is 11.6 Å². The molecule has 2 atom stereocenters. The molecule has 0 bridgehead atoms. The number of nitrogens with two attached hydrogens (primary N) is 1. The van der Waals surface area contributed by atoms with Crippen molar-refractivity contribution in [3.8, 4) is 0 Å². The lowest BCUT2D eigenvalue weighted by Crippen LogP contribution is -2.29. The molecule has 3 N–H and O–H groups in total. The minimum Gasteiger partial charge on any atom is -0.364 e. The largest absolute Gasteiger partial charge is 0.364 e. The van der Waals surface area contributed by atoms with E-state index in [1.165, 1.54) is 0 Å². The lowest BCUT2D eigenvalue weighted by atomic mass is 10.2. The number of carbonyl (C=O) groups is 1. The summed E-state index contributed by atoms with van der Waals surface area (Å²) < 4.78 is 7.33. The predicted molar refractivity (Wildman–Crippen MR) is 68.2 cm³/mol. The van der Waals surface area contributed by atoms with Crippen LogP contribution < -0.4 is 11.1 Å². The summed E-state index contributed by atoms with van der Waals surface area (Å²) in [5.74, 6) is -0.116.